The van der Waals surface area contributed by atoms with Crippen molar-refractivity contribution in [3.8, 4) is 0 Å². The number of rotatable bonds is 2. The zero-order valence-corrected chi connectivity index (χ0v) is 6.24. The van der Waals surface area contributed by atoms with Gasteiger partial charge in [-0.3, -0.25) is 0 Å². The van der Waals surface area contributed by atoms with E-state index >= 15 is 0 Å². The molecule has 5 heteroatoms. The van der Waals surface area contributed by atoms with Crippen LogP contribution < -0.4 is 16.9 Å². The first-order valence-corrected chi connectivity index (χ1v) is 3.11. The Labute approximate surface area is 64.3 Å². The Bertz CT molecular complexity index is 250. The van der Waals surface area contributed by atoms with E-state index in [1.54, 1.807) is 24.9 Å². The lowest BCUT2D eigenvalue weighted by atomic mass is 10.3. The minimum absolute atomic E-state index is 0.346. The summed E-state index contributed by atoms with van der Waals surface area (Å²) < 4.78 is 0. The van der Waals surface area contributed by atoms with Crippen molar-refractivity contribution < 1.29 is 10.3 Å². The molecule has 1 rings (SSSR count). The number of hydrogen-bond donors (Lipinski definition) is 3. The molecule has 0 atom stereocenters. The molecule has 0 aromatic carbocycles. The molecule has 1 aromatic heterocycles. The van der Waals surface area contributed by atoms with Crippen LogP contribution in [0.15, 0.2) is 12.3 Å². The highest BCUT2D eigenvalue weighted by Gasteiger charge is 2.00. The Morgan fingerprint density at radius 1 is 1.55 bits per heavy atom. The Kier molecular flexibility index (Phi) is 2.25. The first kappa shape index (κ1) is 7.77. The summed E-state index contributed by atoms with van der Waals surface area (Å²) in [6, 6.07) is 1.70. The van der Waals surface area contributed by atoms with E-state index in [-0.39, 0.29) is 0 Å². The van der Waals surface area contributed by atoms with Crippen LogP contribution in [0.4, 0.5) is 17.2 Å². The number of pyridine rings is 1. The molecule has 60 valence electrons. The second-order valence-corrected chi connectivity index (χ2v) is 2.10. The Morgan fingerprint density at radius 2 is 2.27 bits per heavy atom. The fourth-order valence-electron chi connectivity index (χ4n) is 0.710. The van der Waals surface area contributed by atoms with Crippen molar-refractivity contribution in [3.05, 3.63) is 12.3 Å². The van der Waals surface area contributed by atoms with E-state index in [2.05, 4.69) is 4.98 Å². The minimum atomic E-state index is 0.346. The highest BCUT2D eigenvalue weighted by atomic mass is 16.6. The Hall–Kier alpha value is -1.33. The van der Waals surface area contributed by atoms with Gasteiger partial charge in [0.15, 0.2) is 5.69 Å². The van der Waals surface area contributed by atoms with Gasteiger partial charge in [0.2, 0.25) is 0 Å². The van der Waals surface area contributed by atoms with E-state index in [0.717, 1.165) is 5.69 Å². The van der Waals surface area contributed by atoms with E-state index in [1.807, 2.05) is 0 Å². The Morgan fingerprint density at radius 3 is 2.82 bits per heavy atom. The third-order valence-corrected chi connectivity index (χ3v) is 1.22. The van der Waals surface area contributed by atoms with E-state index < -0.39 is 0 Å². The van der Waals surface area contributed by atoms with Crippen LogP contribution in [0.1, 0.15) is 0 Å². The second-order valence-electron chi connectivity index (χ2n) is 2.10. The van der Waals surface area contributed by atoms with Gasteiger partial charge >= 0.3 is 0 Å². The zero-order chi connectivity index (χ0) is 8.27. The SMILES string of the molecule is CO[NH2+]c1cnc(N)c(N)c1. The zero-order valence-electron chi connectivity index (χ0n) is 6.24. The van der Waals surface area contributed by atoms with Crippen LogP contribution in [0, 0.1) is 0 Å². The molecule has 0 aliphatic rings. The van der Waals surface area contributed by atoms with E-state index in [1.165, 1.54) is 0 Å². The van der Waals surface area contributed by atoms with Gasteiger partial charge in [-0.05, 0) is 0 Å². The number of nitrogen functional groups attached to an aromatic ring is 2. The molecule has 0 unspecified atom stereocenters. The van der Waals surface area contributed by atoms with Crippen LogP contribution in [-0.4, -0.2) is 12.1 Å². The monoisotopic (exact) mass is 155 g/mol. The molecular weight excluding hydrogens is 144 g/mol. The van der Waals surface area contributed by atoms with E-state index in [4.69, 9.17) is 16.3 Å². The summed E-state index contributed by atoms with van der Waals surface area (Å²) in [6.45, 7) is 0. The molecule has 0 saturated heterocycles. The summed E-state index contributed by atoms with van der Waals surface area (Å²) in [5.74, 6) is 0.346. The van der Waals surface area contributed by atoms with Crippen LogP contribution in [-0.2, 0) is 4.84 Å². The molecule has 0 bridgehead atoms. The molecule has 1 aromatic rings. The van der Waals surface area contributed by atoms with Gasteiger partial charge in [-0.15, -0.1) is 0 Å². The van der Waals surface area contributed by atoms with Gasteiger partial charge in [-0.25, -0.2) is 9.82 Å². The number of nitrogens with zero attached hydrogens (tertiary/aromatic N) is 1. The van der Waals surface area contributed by atoms with Crippen molar-refractivity contribution in [1.82, 2.24) is 4.98 Å². The summed E-state index contributed by atoms with van der Waals surface area (Å²) in [5.41, 5.74) is 13.7. The third kappa shape index (κ3) is 1.79. The van der Waals surface area contributed by atoms with Crippen LogP contribution in [0.25, 0.3) is 0 Å². The molecule has 0 radical (unpaired) electrons. The Balaban J connectivity index is 2.86. The van der Waals surface area contributed by atoms with Crippen molar-refractivity contribution in [2.45, 2.75) is 0 Å². The maximum absolute atomic E-state index is 5.49. The average molecular weight is 155 g/mol. The van der Waals surface area contributed by atoms with Crippen molar-refractivity contribution >= 4 is 17.2 Å². The molecule has 0 spiro atoms. The fraction of sp³-hybridized carbons (Fsp3) is 0.167. The third-order valence-electron chi connectivity index (χ3n) is 1.22. The predicted molar refractivity (Wildman–Crippen MR) is 41.7 cm³/mol. The molecule has 5 nitrogen and oxygen atoms in total. The molecule has 0 aliphatic carbocycles. The lowest BCUT2D eigenvalue weighted by molar-refractivity contribution is -0.830. The normalized spacial score (nSPS) is 9.91. The molecule has 0 saturated carbocycles. The standard InChI is InChI=1S/C6H10N4O/c1-11-10-4-2-5(7)6(8)9-3-4/h2-3,10H,7H2,1H3,(H2,8,9)/p+1. The fourth-order valence-corrected chi connectivity index (χ4v) is 0.710. The maximum atomic E-state index is 5.49. The quantitative estimate of drug-likeness (QED) is 0.478. The smallest absolute Gasteiger partial charge is 0.182 e. The number of aromatic nitrogens is 1. The van der Waals surface area contributed by atoms with Crippen LogP contribution in [0.2, 0.25) is 0 Å². The molecule has 11 heavy (non-hydrogen) atoms. The maximum Gasteiger partial charge on any atom is 0.182 e. The first-order chi connectivity index (χ1) is 5.24. The van der Waals surface area contributed by atoms with Crippen LogP contribution in [0.5, 0.6) is 0 Å². The van der Waals surface area contributed by atoms with Gasteiger partial charge in [0.1, 0.15) is 5.82 Å². The van der Waals surface area contributed by atoms with Crippen molar-refractivity contribution in [2.75, 3.05) is 18.6 Å². The summed E-state index contributed by atoms with van der Waals surface area (Å²) in [6.07, 6.45) is 1.59. The predicted octanol–water partition coefficient (Wildman–Crippen LogP) is -0.998. The van der Waals surface area contributed by atoms with Crippen LogP contribution in [0.3, 0.4) is 0 Å². The van der Waals surface area contributed by atoms with Gasteiger partial charge in [-0.2, -0.15) is 5.48 Å². The lowest BCUT2D eigenvalue weighted by Crippen LogP contribution is -2.76. The first-order valence-electron chi connectivity index (χ1n) is 3.11. The largest absolute Gasteiger partial charge is 0.396 e. The lowest BCUT2D eigenvalue weighted by Gasteiger charge is -1.99. The number of hydrogen-bond acceptors (Lipinski definition) is 4. The second kappa shape index (κ2) is 3.18. The number of quaternary nitrogens is 1. The van der Waals surface area contributed by atoms with Gasteiger partial charge in [0.05, 0.1) is 19.0 Å². The molecule has 6 N–H and O–H groups in total. The average Bonchev–Trinajstić information content (AvgIpc) is 1.98. The number of anilines is 2. The highest BCUT2D eigenvalue weighted by molar-refractivity contribution is 5.60. The molecule has 0 amide bonds. The summed E-state index contributed by atoms with van der Waals surface area (Å²) >= 11 is 0. The van der Waals surface area contributed by atoms with E-state index in [9.17, 15) is 0 Å². The molecule has 1 heterocycles. The van der Waals surface area contributed by atoms with Crippen molar-refractivity contribution in [2.24, 2.45) is 0 Å². The molecule has 0 fully saturated rings. The summed E-state index contributed by atoms with van der Waals surface area (Å²) in [7, 11) is 1.56. The molecular formula is C6H11N4O+. The van der Waals surface area contributed by atoms with Crippen LogP contribution >= 0.6 is 0 Å². The summed E-state index contributed by atoms with van der Waals surface area (Å²) in [5, 5.41) is 0. The van der Waals surface area contributed by atoms with Gasteiger partial charge < -0.3 is 11.5 Å². The highest BCUT2D eigenvalue weighted by Crippen LogP contribution is 2.12. The molecule has 0 aliphatic heterocycles. The van der Waals surface area contributed by atoms with Crippen molar-refractivity contribution in [1.29, 1.82) is 0 Å². The van der Waals surface area contributed by atoms with Gasteiger partial charge in [0.25, 0.3) is 0 Å². The minimum Gasteiger partial charge on any atom is -0.396 e. The number of nitrogens with two attached hydrogens (primary N) is 3. The topological polar surface area (TPSA) is 90.8 Å². The van der Waals surface area contributed by atoms with E-state index in [0.29, 0.717) is 11.5 Å². The summed E-state index contributed by atoms with van der Waals surface area (Å²) in [4.78, 5) is 8.60. The van der Waals surface area contributed by atoms with Gasteiger partial charge in [0, 0.05) is 6.07 Å². The van der Waals surface area contributed by atoms with Gasteiger partial charge in [-0.1, -0.05) is 0 Å². The van der Waals surface area contributed by atoms with Crippen molar-refractivity contribution in [3.63, 3.8) is 0 Å².